The predicted molar refractivity (Wildman–Crippen MR) is 216 cm³/mol. The SMILES string of the molecule is CC(C)(c1ccccc1)c1cc(C(C)(C)c2ccccc2)c(O)c(S(=O)(=O)c2cc(C(C)(C)c3ccccc3)cc(C(C)(C)c3ccccc3)c2O)c1. The van der Waals surface area contributed by atoms with Crippen LogP contribution in [0.15, 0.2) is 155 Å². The molecule has 0 fully saturated rings. The van der Waals surface area contributed by atoms with Gasteiger partial charge >= 0.3 is 0 Å². The number of rotatable bonds is 10. The van der Waals surface area contributed by atoms with Gasteiger partial charge in [-0.1, -0.05) is 189 Å². The van der Waals surface area contributed by atoms with Crippen molar-refractivity contribution in [3.8, 4) is 11.5 Å². The van der Waals surface area contributed by atoms with E-state index in [1.807, 2.05) is 161 Å². The zero-order chi connectivity index (χ0) is 38.4. The van der Waals surface area contributed by atoms with Crippen LogP contribution in [0.2, 0.25) is 0 Å². The first-order valence-corrected chi connectivity index (χ1v) is 19.6. The average Bonchev–Trinajstić information content (AvgIpc) is 3.16. The highest BCUT2D eigenvalue weighted by Gasteiger charge is 2.39. The molecule has 0 atom stereocenters. The highest BCUT2D eigenvalue weighted by atomic mass is 32.2. The minimum Gasteiger partial charge on any atom is -0.506 e. The van der Waals surface area contributed by atoms with Crippen molar-refractivity contribution in [3.63, 3.8) is 0 Å². The molecule has 0 heterocycles. The number of benzene rings is 6. The van der Waals surface area contributed by atoms with E-state index in [2.05, 4.69) is 27.7 Å². The first-order chi connectivity index (χ1) is 24.9. The largest absolute Gasteiger partial charge is 0.506 e. The van der Waals surface area contributed by atoms with E-state index < -0.39 is 31.5 Å². The van der Waals surface area contributed by atoms with E-state index in [9.17, 15) is 10.2 Å². The summed E-state index contributed by atoms with van der Waals surface area (Å²) in [7, 11) is -4.56. The summed E-state index contributed by atoms with van der Waals surface area (Å²) in [6, 6.07) is 46.6. The number of phenols is 2. The maximum atomic E-state index is 15.4. The zero-order valence-corrected chi connectivity index (χ0v) is 32.8. The lowest BCUT2D eigenvalue weighted by molar-refractivity contribution is 0.430. The van der Waals surface area contributed by atoms with Gasteiger partial charge in [-0.25, -0.2) is 8.42 Å². The highest BCUT2D eigenvalue weighted by Crippen LogP contribution is 2.49. The van der Waals surface area contributed by atoms with Gasteiger partial charge < -0.3 is 10.2 Å². The standard InChI is InChI=1S/C48H50O4S/c1-45(2,33-21-13-9-14-22-33)37-29-39(47(5,6)35-25-17-11-18-26-35)43(49)41(31-37)53(51,52)42-32-38(46(3,4)34-23-15-10-16-24-34)30-40(44(42)50)48(7,8)36-27-19-12-20-28-36/h9-32,49-50H,1-8H3. The van der Waals surface area contributed by atoms with E-state index in [0.717, 1.165) is 33.4 Å². The van der Waals surface area contributed by atoms with Gasteiger partial charge in [0.05, 0.1) is 0 Å². The fourth-order valence-electron chi connectivity index (χ4n) is 7.48. The summed E-state index contributed by atoms with van der Waals surface area (Å²) in [6.07, 6.45) is 0. The Morgan fingerprint density at radius 3 is 0.868 bits per heavy atom. The lowest BCUT2D eigenvalue weighted by Crippen LogP contribution is -2.25. The van der Waals surface area contributed by atoms with Crippen LogP contribution in [0.5, 0.6) is 11.5 Å². The Labute approximate surface area is 315 Å². The molecule has 0 spiro atoms. The van der Waals surface area contributed by atoms with Gasteiger partial charge in [0.25, 0.3) is 0 Å². The Hall–Kier alpha value is -5.13. The Balaban J connectivity index is 1.68. The topological polar surface area (TPSA) is 74.6 Å². The van der Waals surface area contributed by atoms with Crippen LogP contribution in [-0.2, 0) is 31.5 Å². The van der Waals surface area contributed by atoms with Crippen LogP contribution in [0.3, 0.4) is 0 Å². The molecule has 6 rings (SSSR count). The molecular formula is C48H50O4S. The summed E-state index contributed by atoms with van der Waals surface area (Å²) in [4.78, 5) is -0.488. The number of hydrogen-bond donors (Lipinski definition) is 2. The molecule has 2 N–H and O–H groups in total. The molecular weight excluding hydrogens is 673 g/mol. The van der Waals surface area contributed by atoms with Gasteiger partial charge in [-0.15, -0.1) is 0 Å². The molecule has 4 nitrogen and oxygen atoms in total. The van der Waals surface area contributed by atoms with Crippen LogP contribution in [0.4, 0.5) is 0 Å². The van der Waals surface area contributed by atoms with Crippen molar-refractivity contribution in [1.82, 2.24) is 0 Å². The Bertz CT molecular complexity index is 2180. The second-order valence-electron chi connectivity index (χ2n) is 16.2. The molecule has 0 aliphatic heterocycles. The Kier molecular flexibility index (Phi) is 9.72. The molecule has 6 aromatic carbocycles. The van der Waals surface area contributed by atoms with Crippen molar-refractivity contribution in [1.29, 1.82) is 0 Å². The molecule has 0 aliphatic rings. The molecule has 5 heteroatoms. The van der Waals surface area contributed by atoms with Crippen LogP contribution in [0, 0.1) is 0 Å². The molecule has 0 bridgehead atoms. The van der Waals surface area contributed by atoms with E-state index in [1.165, 1.54) is 0 Å². The number of sulfone groups is 1. The van der Waals surface area contributed by atoms with Crippen molar-refractivity contribution >= 4 is 9.84 Å². The summed E-state index contributed by atoms with van der Waals surface area (Å²) >= 11 is 0. The minimum absolute atomic E-state index is 0.244. The van der Waals surface area contributed by atoms with E-state index in [0.29, 0.717) is 11.1 Å². The van der Waals surface area contributed by atoms with Gasteiger partial charge in [-0.2, -0.15) is 0 Å². The van der Waals surface area contributed by atoms with Gasteiger partial charge in [-0.05, 0) is 45.5 Å². The lowest BCUT2D eigenvalue weighted by Gasteiger charge is -2.33. The molecule has 0 unspecified atom stereocenters. The number of phenolic OH excluding ortho intramolecular Hbond substituents is 2. The third-order valence-corrected chi connectivity index (χ3v) is 13.3. The van der Waals surface area contributed by atoms with E-state index in [4.69, 9.17) is 0 Å². The molecule has 53 heavy (non-hydrogen) atoms. The Morgan fingerprint density at radius 1 is 0.358 bits per heavy atom. The maximum absolute atomic E-state index is 15.4. The third kappa shape index (κ3) is 6.68. The Morgan fingerprint density at radius 2 is 0.604 bits per heavy atom. The first-order valence-electron chi connectivity index (χ1n) is 18.1. The van der Waals surface area contributed by atoms with E-state index >= 15 is 8.42 Å². The van der Waals surface area contributed by atoms with Crippen molar-refractivity contribution in [2.24, 2.45) is 0 Å². The molecule has 0 saturated carbocycles. The van der Waals surface area contributed by atoms with E-state index in [1.54, 1.807) is 12.1 Å². The van der Waals surface area contributed by atoms with Gasteiger partial charge in [0.2, 0.25) is 9.84 Å². The molecule has 0 amide bonds. The lowest BCUT2D eigenvalue weighted by atomic mass is 9.73. The van der Waals surface area contributed by atoms with Gasteiger partial charge in [0.1, 0.15) is 21.3 Å². The normalized spacial score (nSPS) is 12.8. The maximum Gasteiger partial charge on any atom is 0.213 e. The summed E-state index contributed by atoms with van der Waals surface area (Å²) in [5, 5.41) is 24.6. The molecule has 0 radical (unpaired) electrons. The predicted octanol–water partition coefficient (Wildman–Crippen LogP) is 11.2. The summed E-state index contributed by atoms with van der Waals surface area (Å²) in [5.41, 5.74) is 3.43. The molecule has 272 valence electrons. The second kappa shape index (κ2) is 13.7. The van der Waals surface area contributed by atoms with Crippen molar-refractivity contribution < 1.29 is 18.6 Å². The van der Waals surface area contributed by atoms with Crippen molar-refractivity contribution in [3.05, 3.63) is 190 Å². The minimum atomic E-state index is -4.56. The highest BCUT2D eigenvalue weighted by molar-refractivity contribution is 7.91. The van der Waals surface area contributed by atoms with E-state index in [-0.39, 0.29) is 21.3 Å². The van der Waals surface area contributed by atoms with Gasteiger partial charge in [0.15, 0.2) is 0 Å². The molecule has 0 aliphatic carbocycles. The van der Waals surface area contributed by atoms with Crippen LogP contribution >= 0.6 is 0 Å². The van der Waals surface area contributed by atoms with Crippen LogP contribution in [0.1, 0.15) is 99.9 Å². The fraction of sp³-hybridized carbons (Fsp3) is 0.250. The van der Waals surface area contributed by atoms with Crippen LogP contribution < -0.4 is 0 Å². The smallest absolute Gasteiger partial charge is 0.213 e. The van der Waals surface area contributed by atoms with Crippen molar-refractivity contribution in [2.75, 3.05) is 0 Å². The summed E-state index contributed by atoms with van der Waals surface area (Å²) in [5.74, 6) is -0.662. The van der Waals surface area contributed by atoms with Crippen LogP contribution in [-0.4, -0.2) is 18.6 Å². The molecule has 0 saturated heterocycles. The number of hydrogen-bond acceptors (Lipinski definition) is 4. The molecule has 6 aromatic rings. The fourth-order valence-corrected chi connectivity index (χ4v) is 9.01. The quantitative estimate of drug-likeness (QED) is 0.148. The molecule has 0 aromatic heterocycles. The summed E-state index contributed by atoms with van der Waals surface area (Å²) < 4.78 is 30.8. The average molecular weight is 723 g/mol. The summed E-state index contributed by atoms with van der Waals surface area (Å²) in [6.45, 7) is 16.2. The van der Waals surface area contributed by atoms with Gasteiger partial charge in [-0.3, -0.25) is 0 Å². The second-order valence-corrected chi connectivity index (χ2v) is 18.1. The monoisotopic (exact) mass is 722 g/mol. The first kappa shape index (κ1) is 37.6. The van der Waals surface area contributed by atoms with Crippen molar-refractivity contribution in [2.45, 2.75) is 86.8 Å². The third-order valence-electron chi connectivity index (χ3n) is 11.5. The zero-order valence-electron chi connectivity index (χ0n) is 32.0. The van der Waals surface area contributed by atoms with Gasteiger partial charge in [0, 0.05) is 32.8 Å². The number of aromatic hydroxyl groups is 2. The van der Waals surface area contributed by atoms with Crippen LogP contribution in [0.25, 0.3) is 0 Å².